The Morgan fingerprint density at radius 2 is 2.09 bits per heavy atom. The Labute approximate surface area is 200 Å². The highest BCUT2D eigenvalue weighted by molar-refractivity contribution is 5.80. The number of rotatable bonds is 12. The first-order chi connectivity index (χ1) is 16.3. The summed E-state index contributed by atoms with van der Waals surface area (Å²) in [5.41, 5.74) is 2.42. The van der Waals surface area contributed by atoms with Gasteiger partial charge in [0, 0.05) is 32.2 Å². The highest BCUT2D eigenvalue weighted by Crippen LogP contribution is 2.34. The largest absolute Gasteiger partial charge is 0.480 e. The van der Waals surface area contributed by atoms with E-state index in [0.717, 1.165) is 56.6 Å². The number of carboxylic acid groups (broad SMARTS) is 1. The number of aromatic nitrogens is 1. The lowest BCUT2D eigenvalue weighted by molar-refractivity contribution is -0.140. The summed E-state index contributed by atoms with van der Waals surface area (Å²) in [5.74, 6) is 0.242. The monoisotopic (exact) mass is 476 g/mol. The number of aryl methyl sites for hydroxylation is 2. The van der Waals surface area contributed by atoms with Gasteiger partial charge >= 0.3 is 12.1 Å². The first-order valence-corrected chi connectivity index (χ1v) is 12.1. The van der Waals surface area contributed by atoms with Crippen molar-refractivity contribution in [1.82, 2.24) is 15.6 Å². The highest BCUT2D eigenvalue weighted by atomic mass is 16.6. The molecule has 1 aromatic heterocycles. The maximum absolute atomic E-state index is 11.9. The number of nitrogens with zero attached hydrogens (tertiary/aromatic N) is 1. The standard InChI is InChI=1S/C24H36N4O6/c1-15(14-26-16(2)29)34-24(32)28-21(23(30)31)9-11-33-20-12-17(13-20)5-7-19-8-6-18-4-3-10-25-22(18)27-19/h6,8,15,17,20-21H,3-5,7,9-14H2,1-2H3,(H,25,27)(H,26,29)(H,28,32)(H,30,31)/t15-,17?,20?,21+/m1/s1. The number of hydrogen-bond donors (Lipinski definition) is 4. The molecule has 0 aromatic carbocycles. The normalized spacial score (nSPS) is 20.6. The molecule has 1 aliphatic heterocycles. The summed E-state index contributed by atoms with van der Waals surface area (Å²) in [6.07, 6.45) is 5.04. The van der Waals surface area contributed by atoms with Gasteiger partial charge in [0.2, 0.25) is 5.91 Å². The number of fused-ring (bicyclic) bond motifs is 1. The van der Waals surface area contributed by atoms with Gasteiger partial charge in [0.1, 0.15) is 18.0 Å². The molecule has 1 aromatic rings. The summed E-state index contributed by atoms with van der Waals surface area (Å²) in [6.45, 7) is 4.36. The van der Waals surface area contributed by atoms with Crippen LogP contribution < -0.4 is 16.0 Å². The van der Waals surface area contributed by atoms with Gasteiger partial charge in [-0.25, -0.2) is 14.6 Å². The molecular weight excluding hydrogens is 440 g/mol. The van der Waals surface area contributed by atoms with Gasteiger partial charge in [-0.1, -0.05) is 6.07 Å². The molecule has 4 N–H and O–H groups in total. The Hall–Kier alpha value is -2.88. The predicted molar refractivity (Wildman–Crippen MR) is 126 cm³/mol. The molecule has 34 heavy (non-hydrogen) atoms. The predicted octanol–water partition coefficient (Wildman–Crippen LogP) is 2.26. The molecule has 0 unspecified atom stereocenters. The lowest BCUT2D eigenvalue weighted by atomic mass is 9.79. The molecular formula is C24H36N4O6. The van der Waals surface area contributed by atoms with Crippen molar-refractivity contribution in [3.8, 4) is 0 Å². The van der Waals surface area contributed by atoms with E-state index in [2.05, 4.69) is 28.1 Å². The maximum atomic E-state index is 11.9. The number of nitrogens with one attached hydrogen (secondary N) is 3. The van der Waals surface area contributed by atoms with Crippen molar-refractivity contribution in [2.24, 2.45) is 5.92 Å². The number of hydrogen-bond acceptors (Lipinski definition) is 7. The van der Waals surface area contributed by atoms with Crippen molar-refractivity contribution in [3.63, 3.8) is 0 Å². The van der Waals surface area contributed by atoms with Gasteiger partial charge in [-0.15, -0.1) is 0 Å². The van der Waals surface area contributed by atoms with Crippen LogP contribution >= 0.6 is 0 Å². The number of alkyl carbamates (subject to hydrolysis) is 1. The van der Waals surface area contributed by atoms with Crippen LogP contribution in [-0.4, -0.2) is 66.0 Å². The number of carbonyl (C=O) groups is 3. The first-order valence-electron chi connectivity index (χ1n) is 12.1. The van der Waals surface area contributed by atoms with Crippen LogP contribution in [0.15, 0.2) is 12.1 Å². The fraction of sp³-hybridized carbons (Fsp3) is 0.667. The molecule has 2 atom stereocenters. The molecule has 2 heterocycles. The number of aliphatic carboxylic acids is 1. The quantitative estimate of drug-likeness (QED) is 0.360. The Morgan fingerprint density at radius 3 is 2.82 bits per heavy atom. The summed E-state index contributed by atoms with van der Waals surface area (Å²) in [7, 11) is 0. The lowest BCUT2D eigenvalue weighted by Crippen LogP contribution is -2.44. The molecule has 1 fully saturated rings. The second-order valence-electron chi connectivity index (χ2n) is 9.19. The van der Waals surface area contributed by atoms with E-state index < -0.39 is 24.2 Å². The third-order valence-electron chi connectivity index (χ3n) is 6.25. The maximum Gasteiger partial charge on any atom is 0.408 e. The zero-order valence-electron chi connectivity index (χ0n) is 20.0. The van der Waals surface area contributed by atoms with Gasteiger partial charge in [-0.3, -0.25) is 4.79 Å². The zero-order valence-corrected chi connectivity index (χ0v) is 20.0. The van der Waals surface area contributed by atoms with Crippen LogP contribution in [0.3, 0.4) is 0 Å². The molecule has 2 aliphatic rings. The second-order valence-corrected chi connectivity index (χ2v) is 9.19. The van der Waals surface area contributed by atoms with E-state index in [-0.39, 0.29) is 31.6 Å². The number of ether oxygens (including phenoxy) is 2. The minimum absolute atomic E-state index is 0.127. The number of anilines is 1. The fourth-order valence-corrected chi connectivity index (χ4v) is 4.20. The van der Waals surface area contributed by atoms with E-state index in [1.165, 1.54) is 12.5 Å². The molecule has 2 amide bonds. The van der Waals surface area contributed by atoms with Gasteiger partial charge in [0.15, 0.2) is 0 Å². The molecule has 10 heteroatoms. The number of amides is 2. The van der Waals surface area contributed by atoms with Gasteiger partial charge in [0.05, 0.1) is 12.6 Å². The van der Waals surface area contributed by atoms with Crippen LogP contribution in [0.2, 0.25) is 0 Å². The van der Waals surface area contributed by atoms with Crippen molar-refractivity contribution in [2.75, 3.05) is 25.0 Å². The lowest BCUT2D eigenvalue weighted by Gasteiger charge is -2.35. The Kier molecular flexibility index (Phi) is 9.50. The van der Waals surface area contributed by atoms with Crippen molar-refractivity contribution in [1.29, 1.82) is 0 Å². The van der Waals surface area contributed by atoms with Crippen molar-refractivity contribution in [3.05, 3.63) is 23.4 Å². The SMILES string of the molecule is CC(=O)NC[C@@H](C)OC(=O)N[C@@H](CCOC1CC(CCc2ccc3c(n2)NCCC3)C1)C(=O)O. The van der Waals surface area contributed by atoms with Crippen LogP contribution in [-0.2, 0) is 31.9 Å². The van der Waals surface area contributed by atoms with Crippen molar-refractivity contribution < 1.29 is 29.0 Å². The Morgan fingerprint density at radius 1 is 1.29 bits per heavy atom. The molecule has 0 spiro atoms. The molecule has 0 bridgehead atoms. The van der Waals surface area contributed by atoms with E-state index in [1.807, 2.05) is 0 Å². The average Bonchev–Trinajstić information content (AvgIpc) is 2.77. The first kappa shape index (κ1) is 25.7. The fourth-order valence-electron chi connectivity index (χ4n) is 4.20. The molecule has 188 valence electrons. The number of pyridine rings is 1. The molecule has 10 nitrogen and oxygen atoms in total. The Balaban J connectivity index is 1.29. The summed E-state index contributed by atoms with van der Waals surface area (Å²) in [4.78, 5) is 39.0. The molecule has 0 radical (unpaired) electrons. The minimum Gasteiger partial charge on any atom is -0.480 e. The van der Waals surface area contributed by atoms with Gasteiger partial charge in [-0.05, 0) is 63.0 Å². The van der Waals surface area contributed by atoms with Gasteiger partial charge in [-0.2, -0.15) is 0 Å². The van der Waals surface area contributed by atoms with E-state index >= 15 is 0 Å². The number of carbonyl (C=O) groups excluding carboxylic acids is 2. The van der Waals surface area contributed by atoms with Crippen LogP contribution in [0.5, 0.6) is 0 Å². The number of carboxylic acids is 1. The highest BCUT2D eigenvalue weighted by Gasteiger charge is 2.30. The minimum atomic E-state index is -1.14. The summed E-state index contributed by atoms with van der Waals surface area (Å²) in [5, 5.41) is 17.6. The summed E-state index contributed by atoms with van der Waals surface area (Å²) in [6, 6.07) is 3.21. The van der Waals surface area contributed by atoms with Crippen LogP contribution in [0.25, 0.3) is 0 Å². The van der Waals surface area contributed by atoms with Crippen LogP contribution in [0, 0.1) is 5.92 Å². The van der Waals surface area contributed by atoms with E-state index in [1.54, 1.807) is 6.92 Å². The smallest absolute Gasteiger partial charge is 0.408 e. The van der Waals surface area contributed by atoms with E-state index in [4.69, 9.17) is 14.5 Å². The molecule has 1 aliphatic carbocycles. The third-order valence-corrected chi connectivity index (χ3v) is 6.25. The zero-order chi connectivity index (χ0) is 24.5. The summed E-state index contributed by atoms with van der Waals surface area (Å²) >= 11 is 0. The molecule has 0 saturated heterocycles. The van der Waals surface area contributed by atoms with E-state index in [0.29, 0.717) is 5.92 Å². The van der Waals surface area contributed by atoms with Crippen LogP contribution in [0.4, 0.5) is 10.6 Å². The second kappa shape index (κ2) is 12.5. The molecule has 1 saturated carbocycles. The topological polar surface area (TPSA) is 139 Å². The Bertz CT molecular complexity index is 858. The van der Waals surface area contributed by atoms with Gasteiger partial charge in [0.25, 0.3) is 0 Å². The van der Waals surface area contributed by atoms with Crippen LogP contribution in [0.1, 0.15) is 57.2 Å². The average molecular weight is 477 g/mol. The third kappa shape index (κ3) is 8.16. The van der Waals surface area contributed by atoms with Gasteiger partial charge < -0.3 is 30.5 Å². The summed E-state index contributed by atoms with van der Waals surface area (Å²) < 4.78 is 10.9. The molecule has 3 rings (SSSR count). The van der Waals surface area contributed by atoms with Crippen molar-refractivity contribution >= 4 is 23.8 Å². The van der Waals surface area contributed by atoms with E-state index in [9.17, 15) is 19.5 Å². The van der Waals surface area contributed by atoms with Crippen molar-refractivity contribution in [2.45, 2.75) is 77.0 Å².